The highest BCUT2D eigenvalue weighted by Gasteiger charge is 2.08. The van der Waals surface area contributed by atoms with Gasteiger partial charge < -0.3 is 5.32 Å². The number of aromatic nitrogens is 3. The molecule has 0 bridgehead atoms. The Balaban J connectivity index is 1.91. The Kier molecular flexibility index (Phi) is 4.84. The Bertz CT molecular complexity index is 665. The van der Waals surface area contributed by atoms with Gasteiger partial charge in [0.05, 0.1) is 0 Å². The summed E-state index contributed by atoms with van der Waals surface area (Å²) >= 11 is 0.435. The molecular formula is C12H9F2N5OS. The number of benzene rings is 1. The highest BCUT2D eigenvalue weighted by Crippen LogP contribution is 2.26. The van der Waals surface area contributed by atoms with Crippen molar-refractivity contribution in [3.8, 4) is 6.07 Å². The fourth-order valence-electron chi connectivity index (χ4n) is 1.49. The molecule has 0 aliphatic carbocycles. The van der Waals surface area contributed by atoms with Gasteiger partial charge in [-0.2, -0.15) is 14.0 Å². The Morgan fingerprint density at radius 3 is 2.71 bits per heavy atom. The number of amides is 1. The van der Waals surface area contributed by atoms with Crippen LogP contribution in [-0.4, -0.2) is 26.4 Å². The predicted octanol–water partition coefficient (Wildman–Crippen LogP) is 2.10. The number of hydrogen-bond donors (Lipinski definition) is 1. The molecule has 6 nitrogen and oxygen atoms in total. The predicted molar refractivity (Wildman–Crippen MR) is 71.7 cm³/mol. The topological polar surface area (TPSA) is 83.6 Å². The van der Waals surface area contributed by atoms with Gasteiger partial charge in [0, 0.05) is 10.6 Å². The third-order valence-electron chi connectivity index (χ3n) is 2.31. The highest BCUT2D eigenvalue weighted by atomic mass is 32.2. The molecule has 0 aliphatic rings. The molecule has 0 aliphatic heterocycles. The Morgan fingerprint density at radius 1 is 1.43 bits per heavy atom. The molecule has 0 saturated carbocycles. The molecule has 2 rings (SSSR count). The lowest BCUT2D eigenvalue weighted by atomic mass is 10.3. The van der Waals surface area contributed by atoms with Crippen molar-refractivity contribution in [3.63, 3.8) is 0 Å². The summed E-state index contributed by atoms with van der Waals surface area (Å²) in [7, 11) is 0. The Hall–Kier alpha value is -2.47. The van der Waals surface area contributed by atoms with Crippen molar-refractivity contribution in [2.24, 2.45) is 0 Å². The number of nitrogens with one attached hydrogen (secondary N) is 1. The maximum Gasteiger partial charge on any atom is 0.288 e. The van der Waals surface area contributed by atoms with Gasteiger partial charge in [-0.3, -0.25) is 4.79 Å². The van der Waals surface area contributed by atoms with Gasteiger partial charge in [0.25, 0.3) is 11.6 Å². The lowest BCUT2D eigenvalue weighted by molar-refractivity contribution is -0.116. The van der Waals surface area contributed by atoms with E-state index in [9.17, 15) is 13.6 Å². The monoisotopic (exact) mass is 309 g/mol. The van der Waals surface area contributed by atoms with E-state index in [-0.39, 0.29) is 18.3 Å². The number of alkyl halides is 2. The van der Waals surface area contributed by atoms with Crippen molar-refractivity contribution in [2.45, 2.75) is 17.2 Å². The van der Waals surface area contributed by atoms with E-state index in [0.29, 0.717) is 22.3 Å². The molecule has 0 atom stereocenters. The first-order valence-corrected chi connectivity index (χ1v) is 6.59. The van der Waals surface area contributed by atoms with E-state index in [2.05, 4.69) is 15.4 Å². The van der Waals surface area contributed by atoms with E-state index in [1.54, 1.807) is 6.07 Å². The fraction of sp³-hybridized carbons (Fsp3) is 0.167. The number of carbonyl (C=O) groups excluding carboxylic acids is 1. The molecule has 0 fully saturated rings. The normalized spacial score (nSPS) is 10.4. The molecule has 0 spiro atoms. The molecule has 1 heterocycles. The summed E-state index contributed by atoms with van der Waals surface area (Å²) in [4.78, 5) is 15.8. The van der Waals surface area contributed by atoms with Crippen LogP contribution in [0.2, 0.25) is 0 Å². The molecule has 9 heteroatoms. The van der Waals surface area contributed by atoms with Gasteiger partial charge in [0.1, 0.15) is 18.9 Å². The molecule has 21 heavy (non-hydrogen) atoms. The number of thioether (sulfide) groups is 1. The van der Waals surface area contributed by atoms with Crippen LogP contribution < -0.4 is 5.32 Å². The lowest BCUT2D eigenvalue weighted by Crippen LogP contribution is -2.19. The Labute approximate surface area is 122 Å². The van der Waals surface area contributed by atoms with Crippen LogP contribution in [-0.2, 0) is 11.3 Å². The van der Waals surface area contributed by atoms with Crippen LogP contribution in [0.3, 0.4) is 0 Å². The second-order valence-electron chi connectivity index (χ2n) is 3.83. The van der Waals surface area contributed by atoms with Gasteiger partial charge in [-0.1, -0.05) is 11.8 Å². The highest BCUT2D eigenvalue weighted by molar-refractivity contribution is 7.99. The van der Waals surface area contributed by atoms with Crippen LogP contribution in [0.1, 0.15) is 5.82 Å². The largest absolute Gasteiger partial charge is 0.324 e. The van der Waals surface area contributed by atoms with E-state index in [0.717, 1.165) is 0 Å². The van der Waals surface area contributed by atoms with Crippen molar-refractivity contribution in [3.05, 3.63) is 36.4 Å². The van der Waals surface area contributed by atoms with Crippen LogP contribution in [0, 0.1) is 11.3 Å². The molecule has 2 aromatic rings. The maximum atomic E-state index is 12.2. The zero-order valence-electron chi connectivity index (χ0n) is 10.5. The zero-order valence-corrected chi connectivity index (χ0v) is 11.3. The Morgan fingerprint density at radius 2 is 2.14 bits per heavy atom. The minimum absolute atomic E-state index is 0.0174. The van der Waals surface area contributed by atoms with Crippen molar-refractivity contribution in [2.75, 3.05) is 5.32 Å². The molecular weight excluding hydrogens is 300 g/mol. The van der Waals surface area contributed by atoms with Crippen molar-refractivity contribution in [1.82, 2.24) is 14.8 Å². The number of carbonyl (C=O) groups is 1. The third-order valence-corrected chi connectivity index (χ3v) is 3.03. The first-order valence-electron chi connectivity index (χ1n) is 5.71. The van der Waals surface area contributed by atoms with E-state index in [1.807, 2.05) is 0 Å². The summed E-state index contributed by atoms with van der Waals surface area (Å²) in [5.41, 5.74) is 0.485. The summed E-state index contributed by atoms with van der Waals surface area (Å²) in [6.45, 7) is -0.0950. The van der Waals surface area contributed by atoms with Gasteiger partial charge in [0.2, 0.25) is 5.91 Å². The molecule has 0 radical (unpaired) electrons. The maximum absolute atomic E-state index is 12.2. The van der Waals surface area contributed by atoms with Gasteiger partial charge >= 0.3 is 0 Å². The van der Waals surface area contributed by atoms with Crippen LogP contribution in [0.25, 0.3) is 0 Å². The zero-order chi connectivity index (χ0) is 15.2. The summed E-state index contributed by atoms with van der Waals surface area (Å²) in [6, 6.07) is 7.81. The first kappa shape index (κ1) is 14.9. The van der Waals surface area contributed by atoms with Gasteiger partial charge in [0.15, 0.2) is 0 Å². The van der Waals surface area contributed by atoms with Gasteiger partial charge in [-0.15, -0.1) is 5.10 Å². The number of rotatable bonds is 5. The SMILES string of the molecule is N#Cc1ncn(CC(=O)Nc2ccc(SC(F)F)cc2)n1. The standard InChI is InChI=1S/C12H9F2N5OS/c13-12(14)21-9-3-1-8(2-4-9)17-11(20)6-19-7-16-10(5-15)18-19/h1-4,7,12H,6H2,(H,17,20). The molecule has 1 aromatic carbocycles. The van der Waals surface area contributed by atoms with Crippen LogP contribution in [0.4, 0.5) is 14.5 Å². The van der Waals surface area contributed by atoms with Crippen LogP contribution in [0.15, 0.2) is 35.5 Å². The fourth-order valence-corrected chi connectivity index (χ4v) is 1.99. The first-order chi connectivity index (χ1) is 10.1. The number of nitriles is 1. The molecule has 1 amide bonds. The molecule has 1 aromatic heterocycles. The van der Waals surface area contributed by atoms with Crippen LogP contribution >= 0.6 is 11.8 Å². The smallest absolute Gasteiger partial charge is 0.288 e. The quantitative estimate of drug-likeness (QED) is 0.855. The van der Waals surface area contributed by atoms with E-state index >= 15 is 0 Å². The average Bonchev–Trinajstić information content (AvgIpc) is 2.88. The molecule has 0 saturated heterocycles. The molecule has 1 N–H and O–H groups in total. The second-order valence-corrected chi connectivity index (χ2v) is 4.89. The summed E-state index contributed by atoms with van der Waals surface area (Å²) in [5, 5.41) is 14.9. The number of nitrogens with zero attached hydrogens (tertiary/aromatic N) is 4. The molecule has 108 valence electrons. The second kappa shape index (κ2) is 6.81. The van der Waals surface area contributed by atoms with E-state index < -0.39 is 5.76 Å². The number of halogens is 2. The number of anilines is 1. The van der Waals surface area contributed by atoms with Crippen molar-refractivity contribution < 1.29 is 13.6 Å². The van der Waals surface area contributed by atoms with E-state index in [4.69, 9.17) is 5.26 Å². The third kappa shape index (κ3) is 4.54. The minimum atomic E-state index is -2.48. The van der Waals surface area contributed by atoms with Crippen molar-refractivity contribution in [1.29, 1.82) is 5.26 Å². The van der Waals surface area contributed by atoms with Gasteiger partial charge in [-0.05, 0) is 24.3 Å². The van der Waals surface area contributed by atoms with Crippen molar-refractivity contribution >= 4 is 23.4 Å². The van der Waals surface area contributed by atoms with Crippen LogP contribution in [0.5, 0.6) is 0 Å². The van der Waals surface area contributed by atoms with E-state index in [1.165, 1.54) is 35.3 Å². The lowest BCUT2D eigenvalue weighted by Gasteiger charge is -2.06. The van der Waals surface area contributed by atoms with Gasteiger partial charge in [-0.25, -0.2) is 9.67 Å². The molecule has 0 unspecified atom stereocenters. The average molecular weight is 309 g/mol. The number of hydrogen-bond acceptors (Lipinski definition) is 5. The summed E-state index contributed by atoms with van der Waals surface area (Å²) < 4.78 is 25.5. The summed E-state index contributed by atoms with van der Waals surface area (Å²) in [5.74, 6) is -2.86. The minimum Gasteiger partial charge on any atom is -0.324 e. The summed E-state index contributed by atoms with van der Waals surface area (Å²) in [6.07, 6.45) is 1.28.